The zero-order chi connectivity index (χ0) is 24.7. The first-order valence-electron chi connectivity index (χ1n) is 13.2. The van der Waals surface area contributed by atoms with Gasteiger partial charge in [-0.15, -0.1) is 0 Å². The van der Waals surface area contributed by atoms with Gasteiger partial charge in [0.15, 0.2) is 0 Å². The molecule has 2 atom stereocenters. The predicted octanol–water partition coefficient (Wildman–Crippen LogP) is 4.88. The maximum absolute atomic E-state index is 13.2. The van der Waals surface area contributed by atoms with Crippen molar-refractivity contribution in [2.75, 3.05) is 26.2 Å². The third-order valence-corrected chi connectivity index (χ3v) is 7.98. The summed E-state index contributed by atoms with van der Waals surface area (Å²) in [5.74, 6) is 0.560. The van der Waals surface area contributed by atoms with Crippen molar-refractivity contribution < 1.29 is 19.4 Å². The molecule has 0 aromatic heterocycles. The average Bonchev–Trinajstić information content (AvgIpc) is 2.80. The third-order valence-electron chi connectivity index (χ3n) is 7.98. The summed E-state index contributed by atoms with van der Waals surface area (Å²) in [4.78, 5) is 29.7. The van der Waals surface area contributed by atoms with Gasteiger partial charge in [-0.2, -0.15) is 0 Å². The van der Waals surface area contributed by atoms with E-state index in [9.17, 15) is 14.7 Å². The van der Waals surface area contributed by atoms with Crippen molar-refractivity contribution in [3.63, 3.8) is 0 Å². The number of carbonyl (C=O) groups excluding carboxylic acids is 2. The second kappa shape index (κ2) is 12.1. The van der Waals surface area contributed by atoms with Crippen molar-refractivity contribution >= 4 is 11.9 Å². The summed E-state index contributed by atoms with van der Waals surface area (Å²) in [7, 11) is 0. The van der Waals surface area contributed by atoms with Crippen molar-refractivity contribution in [1.82, 2.24) is 9.80 Å². The van der Waals surface area contributed by atoms with E-state index in [0.29, 0.717) is 17.7 Å². The summed E-state index contributed by atoms with van der Waals surface area (Å²) in [6.45, 7) is 11.8. The number of nitrogens with zero attached hydrogens (tertiary/aromatic N) is 2. The smallest absolute Gasteiger partial charge is 0.306 e. The molecule has 1 saturated heterocycles. The van der Waals surface area contributed by atoms with Crippen LogP contribution in [0.15, 0.2) is 24.3 Å². The number of ether oxygens (including phenoxy) is 1. The number of hydrogen-bond acceptors (Lipinski definition) is 5. The second-order valence-electron chi connectivity index (χ2n) is 10.8. The van der Waals surface area contributed by atoms with E-state index in [1.807, 2.05) is 26.0 Å². The van der Waals surface area contributed by atoms with Gasteiger partial charge in [-0.3, -0.25) is 9.59 Å². The Morgan fingerprint density at radius 3 is 2.59 bits per heavy atom. The molecule has 1 aliphatic carbocycles. The molecule has 1 aromatic carbocycles. The number of rotatable bonds is 9. The normalized spacial score (nSPS) is 24.2. The summed E-state index contributed by atoms with van der Waals surface area (Å²) < 4.78 is 5.22. The SMILES string of the molecule is CC(C)OC(=O)CCC(=O)N(CCN1CC[C@](C)(c2cccc(O)c2)[C@@H](C)C1)C1CCCCC1. The Morgan fingerprint density at radius 1 is 1.21 bits per heavy atom. The van der Waals surface area contributed by atoms with Gasteiger partial charge in [0, 0.05) is 32.1 Å². The highest BCUT2D eigenvalue weighted by Crippen LogP contribution is 2.40. The highest BCUT2D eigenvalue weighted by atomic mass is 16.5. The van der Waals surface area contributed by atoms with E-state index in [1.54, 1.807) is 6.07 Å². The van der Waals surface area contributed by atoms with E-state index in [4.69, 9.17) is 4.74 Å². The molecule has 1 aromatic rings. The largest absolute Gasteiger partial charge is 0.508 e. The van der Waals surface area contributed by atoms with Crippen molar-refractivity contribution in [2.24, 2.45) is 5.92 Å². The molecule has 0 spiro atoms. The number of likely N-dealkylation sites (tertiary alicyclic amines) is 1. The fourth-order valence-corrected chi connectivity index (χ4v) is 5.64. The number of esters is 1. The van der Waals surface area contributed by atoms with E-state index < -0.39 is 0 Å². The van der Waals surface area contributed by atoms with Crippen molar-refractivity contribution in [2.45, 2.75) is 96.6 Å². The number of hydrogen-bond donors (Lipinski definition) is 1. The molecular formula is C28H44N2O4. The van der Waals surface area contributed by atoms with Crippen LogP contribution in [0.25, 0.3) is 0 Å². The van der Waals surface area contributed by atoms with Gasteiger partial charge < -0.3 is 19.6 Å². The summed E-state index contributed by atoms with van der Waals surface area (Å²) in [5, 5.41) is 9.96. The average molecular weight is 473 g/mol. The van der Waals surface area contributed by atoms with Gasteiger partial charge in [-0.25, -0.2) is 0 Å². The number of amides is 1. The molecule has 1 heterocycles. The molecular weight excluding hydrogens is 428 g/mol. The molecule has 190 valence electrons. The van der Waals surface area contributed by atoms with Crippen LogP contribution in [0.2, 0.25) is 0 Å². The zero-order valence-corrected chi connectivity index (χ0v) is 21.6. The molecule has 2 fully saturated rings. The number of benzene rings is 1. The summed E-state index contributed by atoms with van der Waals surface area (Å²) >= 11 is 0. The van der Waals surface area contributed by atoms with Crippen molar-refractivity contribution in [3.05, 3.63) is 29.8 Å². The van der Waals surface area contributed by atoms with Crippen LogP contribution in [0.3, 0.4) is 0 Å². The maximum Gasteiger partial charge on any atom is 0.306 e. The number of phenols is 1. The Labute approximate surface area is 205 Å². The third kappa shape index (κ3) is 6.97. The quantitative estimate of drug-likeness (QED) is 0.519. The number of piperidine rings is 1. The number of aromatic hydroxyl groups is 1. The molecule has 6 heteroatoms. The van der Waals surface area contributed by atoms with E-state index in [-0.39, 0.29) is 36.2 Å². The molecule has 0 radical (unpaired) electrons. The molecule has 1 N–H and O–H groups in total. The molecule has 6 nitrogen and oxygen atoms in total. The minimum Gasteiger partial charge on any atom is -0.508 e. The molecule has 2 aliphatic rings. The van der Waals surface area contributed by atoms with Crippen LogP contribution in [0.4, 0.5) is 0 Å². The van der Waals surface area contributed by atoms with Crippen LogP contribution < -0.4 is 0 Å². The van der Waals surface area contributed by atoms with Crippen LogP contribution in [0.5, 0.6) is 5.75 Å². The Morgan fingerprint density at radius 2 is 1.94 bits per heavy atom. The highest BCUT2D eigenvalue weighted by molar-refractivity contribution is 5.81. The molecule has 0 unspecified atom stereocenters. The Kier molecular flexibility index (Phi) is 9.40. The van der Waals surface area contributed by atoms with Crippen LogP contribution in [0.1, 0.15) is 84.6 Å². The topological polar surface area (TPSA) is 70.1 Å². The predicted molar refractivity (Wildman–Crippen MR) is 135 cm³/mol. The second-order valence-corrected chi connectivity index (χ2v) is 10.8. The number of carbonyl (C=O) groups is 2. The molecule has 1 saturated carbocycles. The Hall–Kier alpha value is -2.08. The summed E-state index contributed by atoms with van der Waals surface area (Å²) in [5.41, 5.74) is 1.23. The highest BCUT2D eigenvalue weighted by Gasteiger charge is 2.38. The zero-order valence-electron chi connectivity index (χ0n) is 21.6. The summed E-state index contributed by atoms with van der Waals surface area (Å²) in [6.07, 6.45) is 6.98. The first-order chi connectivity index (χ1) is 16.2. The van der Waals surface area contributed by atoms with E-state index >= 15 is 0 Å². The molecule has 1 aliphatic heterocycles. The first-order valence-corrected chi connectivity index (χ1v) is 13.2. The lowest BCUT2D eigenvalue weighted by atomic mass is 9.68. The molecule has 1 amide bonds. The molecule has 34 heavy (non-hydrogen) atoms. The van der Waals surface area contributed by atoms with Crippen LogP contribution in [0, 0.1) is 5.92 Å². The lowest BCUT2D eigenvalue weighted by molar-refractivity contribution is -0.150. The number of phenolic OH excluding ortho intramolecular Hbond substituents is 1. The van der Waals surface area contributed by atoms with Gasteiger partial charge in [0.2, 0.25) is 5.91 Å². The fraction of sp³-hybridized carbons (Fsp3) is 0.714. The van der Waals surface area contributed by atoms with E-state index in [2.05, 4.69) is 29.7 Å². The van der Waals surface area contributed by atoms with Crippen LogP contribution >= 0.6 is 0 Å². The standard InChI is InChI=1S/C28H44N2O4/c1-21(2)34-27(33)14-13-26(32)30(24-10-6-5-7-11-24)18-17-29-16-15-28(4,22(3)20-29)23-9-8-12-25(31)19-23/h8-9,12,19,21-22,24,31H,5-7,10-11,13-18,20H2,1-4H3/t22-,28-/m0/s1. The fourth-order valence-electron chi connectivity index (χ4n) is 5.64. The minimum atomic E-state index is -0.289. The summed E-state index contributed by atoms with van der Waals surface area (Å²) in [6, 6.07) is 7.98. The Bertz CT molecular complexity index is 820. The van der Waals surface area contributed by atoms with Crippen molar-refractivity contribution in [1.29, 1.82) is 0 Å². The van der Waals surface area contributed by atoms with Gasteiger partial charge >= 0.3 is 5.97 Å². The van der Waals surface area contributed by atoms with Gasteiger partial charge in [0.1, 0.15) is 5.75 Å². The van der Waals surface area contributed by atoms with Gasteiger partial charge in [-0.1, -0.05) is 45.2 Å². The lowest BCUT2D eigenvalue weighted by Crippen LogP contribution is -2.51. The monoisotopic (exact) mass is 472 g/mol. The first kappa shape index (κ1) is 26.5. The van der Waals surface area contributed by atoms with E-state index in [0.717, 1.165) is 45.4 Å². The van der Waals surface area contributed by atoms with Crippen molar-refractivity contribution in [3.8, 4) is 5.75 Å². The minimum absolute atomic E-state index is 0.0326. The lowest BCUT2D eigenvalue weighted by Gasteiger charge is -2.46. The van der Waals surface area contributed by atoms with Crippen LogP contribution in [-0.4, -0.2) is 65.1 Å². The molecule has 0 bridgehead atoms. The van der Waals surface area contributed by atoms with Gasteiger partial charge in [0.05, 0.1) is 12.5 Å². The van der Waals surface area contributed by atoms with Gasteiger partial charge in [-0.05, 0) is 68.7 Å². The molecule has 3 rings (SSSR count). The Balaban J connectivity index is 1.58. The van der Waals surface area contributed by atoms with Gasteiger partial charge in [0.25, 0.3) is 0 Å². The van der Waals surface area contributed by atoms with E-state index in [1.165, 1.54) is 24.8 Å². The maximum atomic E-state index is 13.2. The van der Waals surface area contributed by atoms with Crippen LogP contribution in [-0.2, 0) is 19.7 Å².